The van der Waals surface area contributed by atoms with Crippen LogP contribution in [0.25, 0.3) is 0 Å². The highest BCUT2D eigenvalue weighted by Crippen LogP contribution is 2.35. The molecular weight excluding hydrogens is 372 g/mol. The second kappa shape index (κ2) is 7.55. The van der Waals surface area contributed by atoms with Crippen LogP contribution in [0, 0.1) is 5.41 Å². The molecule has 1 atom stereocenters. The molecule has 1 aromatic heterocycles. The summed E-state index contributed by atoms with van der Waals surface area (Å²) in [6.07, 6.45) is 6.30. The highest BCUT2D eigenvalue weighted by Gasteiger charge is 2.47. The van der Waals surface area contributed by atoms with Crippen molar-refractivity contribution in [1.82, 2.24) is 14.9 Å². The standard InChI is InChI=1S/C21H30N4O4/c1-20(2,3)18(26)24-8-4-5-15(13-24)16-11-22-12-17(23-16)25-14-21(29-19(25)27)6-9-28-10-7-21/h11-12,15H,4-10,13-14H2,1-3H3/t15-/m0/s1. The molecule has 8 heteroatoms. The maximum atomic E-state index is 12.7. The Bertz CT molecular complexity index is 785. The largest absolute Gasteiger partial charge is 0.440 e. The fourth-order valence-electron chi connectivity index (χ4n) is 4.38. The number of aromatic nitrogens is 2. The minimum absolute atomic E-state index is 0.123. The number of nitrogens with zero attached hydrogens (tertiary/aromatic N) is 4. The van der Waals surface area contributed by atoms with E-state index in [-0.39, 0.29) is 17.9 Å². The second-order valence-electron chi connectivity index (χ2n) is 9.39. The number of anilines is 1. The summed E-state index contributed by atoms with van der Waals surface area (Å²) in [4.78, 5) is 37.9. The number of likely N-dealkylation sites (tertiary alicyclic amines) is 1. The number of rotatable bonds is 2. The van der Waals surface area contributed by atoms with Gasteiger partial charge in [0, 0.05) is 43.5 Å². The summed E-state index contributed by atoms with van der Waals surface area (Å²) in [7, 11) is 0. The molecule has 4 rings (SSSR count). The summed E-state index contributed by atoms with van der Waals surface area (Å²) < 4.78 is 11.1. The van der Waals surface area contributed by atoms with Gasteiger partial charge in [-0.1, -0.05) is 20.8 Å². The fourth-order valence-corrected chi connectivity index (χ4v) is 4.38. The van der Waals surface area contributed by atoms with Gasteiger partial charge < -0.3 is 14.4 Å². The Balaban J connectivity index is 1.50. The van der Waals surface area contributed by atoms with Crippen molar-refractivity contribution in [2.24, 2.45) is 5.41 Å². The molecule has 29 heavy (non-hydrogen) atoms. The lowest BCUT2D eigenvalue weighted by atomic mass is 9.90. The fraction of sp³-hybridized carbons (Fsp3) is 0.714. The van der Waals surface area contributed by atoms with Crippen molar-refractivity contribution in [3.05, 3.63) is 18.1 Å². The number of piperidine rings is 1. The van der Waals surface area contributed by atoms with Gasteiger partial charge in [-0.15, -0.1) is 0 Å². The molecule has 3 saturated heterocycles. The summed E-state index contributed by atoms with van der Waals surface area (Å²) in [6, 6.07) is 0. The predicted molar refractivity (Wildman–Crippen MR) is 107 cm³/mol. The molecule has 4 heterocycles. The summed E-state index contributed by atoms with van der Waals surface area (Å²) in [5.41, 5.74) is -0.0461. The average molecular weight is 402 g/mol. The molecule has 158 valence electrons. The number of hydrogen-bond acceptors (Lipinski definition) is 6. The van der Waals surface area contributed by atoms with Crippen LogP contribution in [0.4, 0.5) is 10.6 Å². The first-order chi connectivity index (χ1) is 13.8. The number of hydrogen-bond donors (Lipinski definition) is 0. The molecule has 3 aliphatic rings. The number of ether oxygens (including phenoxy) is 2. The topological polar surface area (TPSA) is 84.9 Å². The van der Waals surface area contributed by atoms with Crippen LogP contribution in [0.5, 0.6) is 0 Å². The van der Waals surface area contributed by atoms with E-state index in [1.54, 1.807) is 17.3 Å². The van der Waals surface area contributed by atoms with E-state index in [4.69, 9.17) is 14.5 Å². The zero-order valence-electron chi connectivity index (χ0n) is 17.5. The van der Waals surface area contributed by atoms with Crippen molar-refractivity contribution in [2.75, 3.05) is 37.7 Å². The monoisotopic (exact) mass is 402 g/mol. The molecule has 0 saturated carbocycles. The smallest absolute Gasteiger partial charge is 0.416 e. The maximum absolute atomic E-state index is 12.7. The SMILES string of the molecule is CC(C)(C)C(=O)N1CCC[C@H](c2cncc(N3CC4(CCOCC4)OC3=O)n2)C1. The predicted octanol–water partition coefficient (Wildman–Crippen LogP) is 2.73. The quantitative estimate of drug-likeness (QED) is 0.756. The Morgan fingerprint density at radius 1 is 1.24 bits per heavy atom. The summed E-state index contributed by atoms with van der Waals surface area (Å²) in [6.45, 7) is 8.95. The van der Waals surface area contributed by atoms with Crippen LogP contribution in [0.15, 0.2) is 12.4 Å². The average Bonchev–Trinajstić information content (AvgIpc) is 3.03. The molecule has 0 aromatic carbocycles. The lowest BCUT2D eigenvalue weighted by Crippen LogP contribution is -2.44. The molecule has 1 spiro atoms. The van der Waals surface area contributed by atoms with Gasteiger partial charge in [-0.3, -0.25) is 14.7 Å². The number of carbonyl (C=O) groups is 2. The molecular formula is C21H30N4O4. The van der Waals surface area contributed by atoms with Crippen LogP contribution in [0.2, 0.25) is 0 Å². The lowest BCUT2D eigenvalue weighted by molar-refractivity contribution is -0.140. The van der Waals surface area contributed by atoms with Gasteiger partial charge in [0.25, 0.3) is 0 Å². The third-order valence-corrected chi connectivity index (χ3v) is 6.06. The van der Waals surface area contributed by atoms with Crippen LogP contribution in [0.1, 0.15) is 58.1 Å². The van der Waals surface area contributed by atoms with Crippen molar-refractivity contribution >= 4 is 17.8 Å². The van der Waals surface area contributed by atoms with Gasteiger partial charge in [0.1, 0.15) is 5.60 Å². The zero-order chi connectivity index (χ0) is 20.6. The Labute approximate surface area is 171 Å². The lowest BCUT2D eigenvalue weighted by Gasteiger charge is -2.36. The third kappa shape index (κ3) is 4.08. The summed E-state index contributed by atoms with van der Waals surface area (Å²) in [5.74, 6) is 0.809. The van der Waals surface area contributed by atoms with Gasteiger partial charge in [0.15, 0.2) is 5.82 Å². The van der Waals surface area contributed by atoms with Gasteiger partial charge >= 0.3 is 6.09 Å². The van der Waals surface area contributed by atoms with Gasteiger partial charge in [-0.05, 0) is 12.8 Å². The van der Waals surface area contributed by atoms with E-state index in [2.05, 4.69) is 4.98 Å². The normalized spacial score (nSPS) is 24.7. The Morgan fingerprint density at radius 2 is 2.00 bits per heavy atom. The van der Waals surface area contributed by atoms with Crippen molar-refractivity contribution in [3.8, 4) is 0 Å². The zero-order valence-corrected chi connectivity index (χ0v) is 17.5. The highest BCUT2D eigenvalue weighted by molar-refractivity contribution is 5.89. The Kier molecular flexibility index (Phi) is 5.23. The van der Waals surface area contributed by atoms with Crippen LogP contribution in [0.3, 0.4) is 0 Å². The second-order valence-corrected chi connectivity index (χ2v) is 9.39. The minimum Gasteiger partial charge on any atom is -0.440 e. The van der Waals surface area contributed by atoms with Crippen molar-refractivity contribution < 1.29 is 19.1 Å². The molecule has 1 aromatic rings. The Morgan fingerprint density at radius 3 is 2.72 bits per heavy atom. The maximum Gasteiger partial charge on any atom is 0.416 e. The van der Waals surface area contributed by atoms with Gasteiger partial charge in [-0.2, -0.15) is 0 Å². The first-order valence-corrected chi connectivity index (χ1v) is 10.5. The van der Waals surface area contributed by atoms with Crippen molar-refractivity contribution in [2.45, 2.75) is 58.0 Å². The number of carbonyl (C=O) groups excluding carboxylic acids is 2. The van der Waals surface area contributed by atoms with Crippen molar-refractivity contribution in [1.29, 1.82) is 0 Å². The van der Waals surface area contributed by atoms with E-state index in [0.29, 0.717) is 45.0 Å². The minimum atomic E-state index is -0.478. The first kappa shape index (κ1) is 20.1. The first-order valence-electron chi connectivity index (χ1n) is 10.5. The molecule has 3 aliphatic heterocycles. The van der Waals surface area contributed by atoms with Gasteiger partial charge in [0.2, 0.25) is 5.91 Å². The van der Waals surface area contributed by atoms with Gasteiger partial charge in [-0.25, -0.2) is 9.78 Å². The Hall–Kier alpha value is -2.22. The van der Waals surface area contributed by atoms with E-state index in [9.17, 15) is 9.59 Å². The summed E-state index contributed by atoms with van der Waals surface area (Å²) >= 11 is 0. The van der Waals surface area contributed by atoms with Crippen LogP contribution >= 0.6 is 0 Å². The van der Waals surface area contributed by atoms with E-state index in [1.165, 1.54) is 0 Å². The molecule has 3 fully saturated rings. The molecule has 0 aliphatic carbocycles. The van der Waals surface area contributed by atoms with E-state index in [1.807, 2.05) is 25.7 Å². The van der Waals surface area contributed by atoms with Crippen LogP contribution < -0.4 is 4.90 Å². The molecule has 0 unspecified atom stereocenters. The van der Waals surface area contributed by atoms with E-state index in [0.717, 1.165) is 25.1 Å². The molecule has 8 nitrogen and oxygen atoms in total. The van der Waals surface area contributed by atoms with Gasteiger partial charge in [0.05, 0.1) is 31.6 Å². The summed E-state index contributed by atoms with van der Waals surface area (Å²) in [5, 5.41) is 0. The molecule has 0 N–H and O–H groups in total. The molecule has 2 amide bonds. The van der Waals surface area contributed by atoms with E-state index >= 15 is 0 Å². The molecule has 0 radical (unpaired) electrons. The highest BCUT2D eigenvalue weighted by atomic mass is 16.6. The van der Waals surface area contributed by atoms with Crippen molar-refractivity contribution in [3.63, 3.8) is 0 Å². The molecule has 0 bridgehead atoms. The number of amides is 2. The van der Waals surface area contributed by atoms with Crippen LogP contribution in [-0.4, -0.2) is 65.3 Å². The van der Waals surface area contributed by atoms with Crippen LogP contribution in [-0.2, 0) is 14.3 Å². The van der Waals surface area contributed by atoms with E-state index < -0.39 is 11.0 Å². The third-order valence-electron chi connectivity index (χ3n) is 6.06.